The number of carboxylic acids is 2. The maximum atomic E-state index is 14.9. The number of rotatable bonds is 31. The molecule has 1 aromatic rings. The van der Waals surface area contributed by atoms with E-state index in [-0.39, 0.29) is 95.3 Å². The summed E-state index contributed by atoms with van der Waals surface area (Å²) in [4.78, 5) is 193. The minimum Gasteiger partial charge on any atom is -0.481 e. The van der Waals surface area contributed by atoms with Gasteiger partial charge in [0.2, 0.25) is 65.0 Å². The van der Waals surface area contributed by atoms with Crippen LogP contribution in [-0.4, -0.2) is 233 Å². The molecule has 0 aromatic heterocycles. The molecule has 1 aromatic carbocycles. The minimum absolute atomic E-state index is 0.00489. The van der Waals surface area contributed by atoms with Crippen LogP contribution in [0.1, 0.15) is 91.0 Å². The molecule has 1 aliphatic heterocycles. The summed E-state index contributed by atoms with van der Waals surface area (Å²) in [5, 5.41) is 66.8. The van der Waals surface area contributed by atoms with Gasteiger partial charge in [-0.15, -0.1) is 0 Å². The Kier molecular flexibility index (Phi) is 38.4. The fourth-order valence-electron chi connectivity index (χ4n) is 8.96. The lowest BCUT2D eigenvalue weighted by Gasteiger charge is -2.30. The number of nitrogens with one attached hydrogen (secondary N) is 11. The van der Waals surface area contributed by atoms with Crippen LogP contribution in [0.2, 0.25) is 0 Å². The lowest BCUT2D eigenvalue weighted by molar-refractivity contribution is -0.142. The molecule has 11 amide bonds. The van der Waals surface area contributed by atoms with E-state index in [1.54, 1.807) is 58.0 Å². The Morgan fingerprint density at radius 1 is 0.577 bits per heavy atom. The number of aliphatic hydroxyl groups is 2. The number of hydrogen-bond donors (Lipinski definition) is 22. The number of amides is 11. The Morgan fingerprint density at radius 3 is 1.58 bits per heavy atom. The van der Waals surface area contributed by atoms with Gasteiger partial charge in [-0.1, -0.05) is 92.5 Å². The monoisotopic (exact) mass is 1410 g/mol. The van der Waals surface area contributed by atoms with E-state index in [1.807, 2.05) is 0 Å². The normalized spacial score (nSPS) is 21.5. The fraction of sp³-hybridized carbons (Fsp3) is 0.614. The molecule has 0 spiro atoms. The number of aliphatic hydroxyl groups excluding tert-OH is 2. The molecule has 1 fully saturated rings. The van der Waals surface area contributed by atoms with Crippen molar-refractivity contribution in [2.24, 2.45) is 66.9 Å². The Bertz CT molecular complexity index is 2920. The molecule has 97 heavy (non-hydrogen) atoms. The molecule has 0 saturated carbocycles. The van der Waals surface area contributed by atoms with Crippen LogP contribution in [-0.2, 0) is 68.7 Å². The second kappa shape index (κ2) is 44.5. The number of aliphatic imine (C=N–C) groups is 3. The summed E-state index contributed by atoms with van der Waals surface area (Å²) in [7, 11) is 1.57. The number of nitrogens with two attached hydrogens (primary N) is 7. The zero-order chi connectivity index (χ0) is 72.9. The van der Waals surface area contributed by atoms with Gasteiger partial charge in [0.15, 0.2) is 17.9 Å². The molecule has 2 rings (SSSR count). The van der Waals surface area contributed by atoms with Gasteiger partial charge >= 0.3 is 11.9 Å². The highest BCUT2D eigenvalue weighted by molar-refractivity contribution is 8.76. The minimum atomic E-state index is -1.95. The van der Waals surface area contributed by atoms with Crippen molar-refractivity contribution in [3.63, 3.8) is 0 Å². The number of nitrogens with zero attached hydrogens (tertiary/aromatic N) is 3. The first-order valence-electron chi connectivity index (χ1n) is 31.0. The number of hydrogen-bond acceptors (Lipinski definition) is 21. The van der Waals surface area contributed by atoms with E-state index in [4.69, 9.17) is 40.1 Å². The zero-order valence-electron chi connectivity index (χ0n) is 54.4. The SMILES string of the molecule is CC[C@H](C)[C@@H]1NC(=O)[C@H](CCCN=C(N)N)NC(=O)CNC(=O)[C@@H](NC(=O)[C@H](CO)NC(=O)[C@@H](N)CO)CSSCC(C(=O)N[C@H](Cc2ccccc2)C(=O)N[C@@H](CCCN=C(N)N)C(=O)O)NC(=O)[C@H]([C@@H](C)CC)NC(=O)[C@H](CCCN=C(N)N)NC(=O)C(CC(=O)O)NC1=O. The van der Waals surface area contributed by atoms with Crippen molar-refractivity contribution in [3.8, 4) is 0 Å². The maximum Gasteiger partial charge on any atom is 0.326 e. The number of guanidine groups is 3. The molecule has 0 aliphatic carbocycles. The van der Waals surface area contributed by atoms with Crippen LogP contribution in [0.5, 0.6) is 0 Å². The van der Waals surface area contributed by atoms with Gasteiger partial charge in [0, 0.05) is 37.6 Å². The van der Waals surface area contributed by atoms with E-state index in [0.29, 0.717) is 5.56 Å². The second-order valence-corrected chi connectivity index (χ2v) is 25.1. The van der Waals surface area contributed by atoms with Crippen molar-refractivity contribution < 1.29 is 82.8 Å². The van der Waals surface area contributed by atoms with Gasteiger partial charge in [0.25, 0.3) is 0 Å². The lowest BCUT2D eigenvalue weighted by Crippen LogP contribution is -2.62. The van der Waals surface area contributed by atoms with E-state index >= 15 is 0 Å². The van der Waals surface area contributed by atoms with Crippen LogP contribution in [0.3, 0.4) is 0 Å². The second-order valence-electron chi connectivity index (χ2n) is 22.5. The molecule has 1 heterocycles. The Morgan fingerprint density at radius 2 is 1.07 bits per heavy atom. The maximum absolute atomic E-state index is 14.9. The first kappa shape index (κ1) is 83.8. The van der Waals surface area contributed by atoms with E-state index in [2.05, 4.69) is 73.5 Å². The Hall–Kier alpha value is -9.28. The molecule has 0 bridgehead atoms. The topological polar surface area (TPSA) is 654 Å². The third kappa shape index (κ3) is 31.9. The van der Waals surface area contributed by atoms with Crippen LogP contribution in [0.25, 0.3) is 0 Å². The van der Waals surface area contributed by atoms with Crippen molar-refractivity contribution in [2.45, 2.75) is 158 Å². The first-order valence-corrected chi connectivity index (χ1v) is 33.5. The molecule has 40 heteroatoms. The molecule has 542 valence electrons. The Balaban J connectivity index is 3.00. The van der Waals surface area contributed by atoms with Crippen LogP contribution < -0.4 is 98.6 Å². The van der Waals surface area contributed by atoms with Gasteiger partial charge in [0.05, 0.1) is 26.2 Å². The third-order valence-corrected chi connectivity index (χ3v) is 17.3. The molecular formula is C57H95N21O17S2. The van der Waals surface area contributed by atoms with Gasteiger partial charge in [-0.25, -0.2) is 4.79 Å². The highest BCUT2D eigenvalue weighted by atomic mass is 33.1. The Labute approximate surface area is 567 Å². The predicted octanol–water partition coefficient (Wildman–Crippen LogP) is -8.29. The average molecular weight is 1410 g/mol. The fourth-order valence-corrected chi connectivity index (χ4v) is 11.3. The van der Waals surface area contributed by atoms with Crippen molar-refractivity contribution >= 4 is 116 Å². The third-order valence-electron chi connectivity index (χ3n) is 14.8. The standard InChI is InChI=1S/C57H95N21O17S2/c1-5-28(3)42-52(92)73-36(22-41(82)83)49(89)70-33(16-11-19-66-56(61)62)47(87)78-43(29(4)6-2)53(93)76-39(51(91)72-35(21-30-13-8-7-9-14-30)48(88)71-34(54(94)95)17-12-20-67-57(63)64)27-97-96-26-38(75-50(90)37(25-80)74-44(84)31(58)24-79)45(85)68-23-40(81)69-32(46(86)77-42)15-10-18-65-55(59)60/h7-9,13-14,28-29,31-39,42-43,79-80H,5-6,10-12,15-27,58H2,1-4H3,(H,68,85)(H,69,81)(H,70,89)(H,71,88)(H,72,91)(H,73,92)(H,74,84)(H,75,90)(H,76,93)(H,77,86)(H,78,87)(H,82,83)(H,94,95)(H4,59,60,65)(H4,61,62,66)(H4,63,64,67)/t28-,29-,31-,32-,33-,34-,35+,36?,37-,38-,39?,42-,43-/m0/s1. The molecule has 1 aliphatic rings. The lowest BCUT2D eigenvalue weighted by atomic mass is 9.96. The summed E-state index contributed by atoms with van der Waals surface area (Å²) in [6, 6.07) is -9.87. The first-order chi connectivity index (χ1) is 45.8. The molecule has 1 saturated heterocycles. The van der Waals surface area contributed by atoms with E-state index in [1.165, 1.54) is 0 Å². The summed E-state index contributed by atoms with van der Waals surface area (Å²) in [6.45, 7) is 3.41. The predicted molar refractivity (Wildman–Crippen MR) is 358 cm³/mol. The number of carbonyl (C=O) groups is 13. The van der Waals surface area contributed by atoms with Crippen molar-refractivity contribution in [3.05, 3.63) is 35.9 Å². The summed E-state index contributed by atoms with van der Waals surface area (Å²) < 4.78 is 0. The summed E-state index contributed by atoms with van der Waals surface area (Å²) in [5.74, 6) is -18.2. The van der Waals surface area contributed by atoms with Gasteiger partial charge in [-0.05, 0) is 55.9 Å². The number of carboxylic acid groups (broad SMARTS) is 2. The highest BCUT2D eigenvalue weighted by Crippen LogP contribution is 2.24. The van der Waals surface area contributed by atoms with Crippen molar-refractivity contribution in [2.75, 3.05) is 50.9 Å². The zero-order valence-corrected chi connectivity index (χ0v) is 56.0. The van der Waals surface area contributed by atoms with E-state index in [0.717, 1.165) is 21.6 Å². The molecule has 13 atom stereocenters. The molecule has 38 nitrogen and oxygen atoms in total. The van der Waals surface area contributed by atoms with E-state index < -0.39 is 193 Å². The molecule has 0 radical (unpaired) electrons. The van der Waals surface area contributed by atoms with Gasteiger partial charge in [0.1, 0.15) is 66.5 Å². The number of aliphatic carboxylic acids is 2. The highest BCUT2D eigenvalue weighted by Gasteiger charge is 2.38. The summed E-state index contributed by atoms with van der Waals surface area (Å²) >= 11 is 0. The van der Waals surface area contributed by atoms with E-state index in [9.17, 15) is 82.8 Å². The van der Waals surface area contributed by atoms with Crippen LogP contribution in [0.15, 0.2) is 45.3 Å². The van der Waals surface area contributed by atoms with Crippen LogP contribution in [0, 0.1) is 11.8 Å². The largest absolute Gasteiger partial charge is 0.481 e. The molecule has 29 N–H and O–H groups in total. The van der Waals surface area contributed by atoms with Gasteiger partial charge < -0.3 is 119 Å². The molecule has 2 unspecified atom stereocenters. The quantitative estimate of drug-likeness (QED) is 0.0142. The number of benzene rings is 1. The van der Waals surface area contributed by atoms with Crippen LogP contribution in [0.4, 0.5) is 0 Å². The van der Waals surface area contributed by atoms with Crippen LogP contribution >= 0.6 is 21.6 Å². The smallest absolute Gasteiger partial charge is 0.326 e. The molecular weight excluding hydrogens is 1310 g/mol. The number of carbonyl (C=O) groups excluding carboxylic acids is 11. The van der Waals surface area contributed by atoms with Crippen molar-refractivity contribution in [1.82, 2.24) is 58.5 Å². The summed E-state index contributed by atoms with van der Waals surface area (Å²) in [5.41, 5.74) is 39.0. The van der Waals surface area contributed by atoms with Gasteiger partial charge in [-0.3, -0.25) is 72.5 Å². The van der Waals surface area contributed by atoms with Gasteiger partial charge in [-0.2, -0.15) is 0 Å². The summed E-state index contributed by atoms with van der Waals surface area (Å²) in [6.07, 6.45) is -1.52. The average Bonchev–Trinajstić information content (AvgIpc) is 2.24. The van der Waals surface area contributed by atoms with Crippen molar-refractivity contribution in [1.29, 1.82) is 0 Å².